The number of carbonyl (C=O) groups excluding carboxylic acids is 2. The Morgan fingerprint density at radius 1 is 1.29 bits per heavy atom. The normalized spacial score (nSPS) is 15.5. The summed E-state index contributed by atoms with van der Waals surface area (Å²) in [5.74, 6) is 0.715. The smallest absolute Gasteiger partial charge is 0.240 e. The summed E-state index contributed by atoms with van der Waals surface area (Å²) in [5.41, 5.74) is 1.18. The molecule has 3 rings (SSSR count). The number of ketones is 1. The third-order valence-corrected chi connectivity index (χ3v) is 4.54. The van der Waals surface area contributed by atoms with Crippen molar-refractivity contribution in [2.24, 2.45) is 5.92 Å². The highest BCUT2D eigenvalue weighted by Gasteiger charge is 2.29. The molecular weight excluding hydrogens is 306 g/mol. The van der Waals surface area contributed by atoms with Gasteiger partial charge in [0.25, 0.3) is 0 Å². The quantitative estimate of drug-likeness (QED) is 0.564. The molecule has 1 atom stereocenters. The number of aromatic nitrogens is 2. The van der Waals surface area contributed by atoms with Crippen molar-refractivity contribution < 1.29 is 14.1 Å². The Hall–Kier alpha value is -2.50. The third kappa shape index (κ3) is 4.07. The van der Waals surface area contributed by atoms with Crippen molar-refractivity contribution >= 4 is 12.2 Å². The summed E-state index contributed by atoms with van der Waals surface area (Å²) in [6, 6.07) is 9.43. The number of nitrogens with zero attached hydrogens (tertiary/aromatic N) is 2. The van der Waals surface area contributed by atoms with Gasteiger partial charge in [0.15, 0.2) is 0 Å². The molecule has 1 fully saturated rings. The van der Waals surface area contributed by atoms with Crippen LogP contribution in [0.15, 0.2) is 34.9 Å². The number of aryl methyl sites for hydroxylation is 2. The highest BCUT2D eigenvalue weighted by atomic mass is 16.5. The molecule has 2 aromatic rings. The standard InChI is InChI=1S/C18H21N3O3/c22-12-19-15(11-14-7-4-8-14)17(23)18-20-16(24-21-18)10-9-13-5-2-1-3-6-13/h1-3,5-6,12,14-15H,4,7-11H2,(H,19,22). The van der Waals surface area contributed by atoms with Crippen LogP contribution in [0.25, 0.3) is 0 Å². The summed E-state index contributed by atoms with van der Waals surface area (Å²) in [5, 5.41) is 6.39. The number of nitrogens with one attached hydrogen (secondary N) is 1. The largest absolute Gasteiger partial charge is 0.348 e. The first kappa shape index (κ1) is 16.4. The molecule has 0 radical (unpaired) electrons. The maximum absolute atomic E-state index is 12.5. The van der Waals surface area contributed by atoms with Gasteiger partial charge < -0.3 is 9.84 Å². The monoisotopic (exact) mass is 327 g/mol. The van der Waals surface area contributed by atoms with E-state index in [-0.39, 0.29) is 11.6 Å². The minimum absolute atomic E-state index is 0.0525. The zero-order valence-corrected chi connectivity index (χ0v) is 13.5. The maximum Gasteiger partial charge on any atom is 0.240 e. The first-order valence-corrected chi connectivity index (χ1v) is 8.36. The lowest BCUT2D eigenvalue weighted by atomic mass is 9.80. The van der Waals surface area contributed by atoms with E-state index in [1.54, 1.807) is 0 Å². The van der Waals surface area contributed by atoms with Crippen molar-refractivity contribution in [1.29, 1.82) is 0 Å². The third-order valence-electron chi connectivity index (χ3n) is 4.54. The van der Waals surface area contributed by atoms with Crippen LogP contribution in [-0.2, 0) is 17.6 Å². The summed E-state index contributed by atoms with van der Waals surface area (Å²) in [6.07, 6.45) is 5.98. The van der Waals surface area contributed by atoms with Gasteiger partial charge in [-0.1, -0.05) is 54.8 Å². The van der Waals surface area contributed by atoms with Crippen LogP contribution in [0.1, 0.15) is 47.8 Å². The van der Waals surface area contributed by atoms with Crippen molar-refractivity contribution in [3.05, 3.63) is 47.6 Å². The molecule has 6 heteroatoms. The lowest BCUT2D eigenvalue weighted by molar-refractivity contribution is -0.110. The summed E-state index contributed by atoms with van der Waals surface area (Å²) >= 11 is 0. The summed E-state index contributed by atoms with van der Waals surface area (Å²) < 4.78 is 5.18. The highest BCUT2D eigenvalue weighted by Crippen LogP contribution is 2.30. The molecule has 1 amide bonds. The molecule has 126 valence electrons. The van der Waals surface area contributed by atoms with Crippen molar-refractivity contribution in [2.45, 2.75) is 44.6 Å². The average molecular weight is 327 g/mol. The number of hydrogen-bond acceptors (Lipinski definition) is 5. The van der Waals surface area contributed by atoms with E-state index in [9.17, 15) is 9.59 Å². The van der Waals surface area contributed by atoms with Gasteiger partial charge in [-0.15, -0.1) is 0 Å². The molecule has 1 aliphatic carbocycles. The predicted molar refractivity (Wildman–Crippen MR) is 87.4 cm³/mol. The van der Waals surface area contributed by atoms with Gasteiger partial charge in [-0.3, -0.25) is 9.59 Å². The van der Waals surface area contributed by atoms with E-state index < -0.39 is 6.04 Å². The van der Waals surface area contributed by atoms with Gasteiger partial charge in [-0.25, -0.2) is 0 Å². The molecule has 1 unspecified atom stereocenters. The number of Topliss-reactive ketones (excluding diaryl/α,β-unsaturated/α-hetero) is 1. The molecular formula is C18H21N3O3. The second-order valence-electron chi connectivity index (χ2n) is 6.23. The van der Waals surface area contributed by atoms with Gasteiger partial charge in [0.1, 0.15) is 0 Å². The van der Waals surface area contributed by atoms with Gasteiger partial charge in [0.2, 0.25) is 23.9 Å². The fraction of sp³-hybridized carbons (Fsp3) is 0.444. The molecule has 1 aliphatic rings. The number of carbonyl (C=O) groups is 2. The van der Waals surface area contributed by atoms with Crippen LogP contribution >= 0.6 is 0 Å². The van der Waals surface area contributed by atoms with Gasteiger partial charge >= 0.3 is 0 Å². The Labute approximate surface area is 140 Å². The zero-order chi connectivity index (χ0) is 16.8. The van der Waals surface area contributed by atoms with E-state index in [1.807, 2.05) is 30.3 Å². The van der Waals surface area contributed by atoms with Crippen LogP contribution < -0.4 is 5.32 Å². The molecule has 24 heavy (non-hydrogen) atoms. The van der Waals surface area contributed by atoms with Crippen LogP contribution in [0.5, 0.6) is 0 Å². The van der Waals surface area contributed by atoms with E-state index >= 15 is 0 Å². The van der Waals surface area contributed by atoms with Crippen molar-refractivity contribution in [2.75, 3.05) is 0 Å². The maximum atomic E-state index is 12.5. The van der Waals surface area contributed by atoms with Gasteiger partial charge in [0.05, 0.1) is 6.04 Å². The van der Waals surface area contributed by atoms with E-state index in [0.29, 0.717) is 31.1 Å². The van der Waals surface area contributed by atoms with Crippen molar-refractivity contribution in [3.8, 4) is 0 Å². The van der Waals surface area contributed by atoms with Crippen LogP contribution in [0.4, 0.5) is 0 Å². The minimum atomic E-state index is -0.563. The first-order chi connectivity index (χ1) is 11.8. The fourth-order valence-electron chi connectivity index (χ4n) is 2.90. The van der Waals surface area contributed by atoms with Crippen LogP contribution in [0, 0.1) is 5.92 Å². The van der Waals surface area contributed by atoms with Crippen LogP contribution in [-0.4, -0.2) is 28.4 Å². The lowest BCUT2D eigenvalue weighted by Crippen LogP contribution is -2.39. The van der Waals surface area contributed by atoms with E-state index in [0.717, 1.165) is 19.3 Å². The molecule has 1 saturated carbocycles. The summed E-state index contributed by atoms with van der Waals surface area (Å²) in [7, 11) is 0. The second kappa shape index (κ2) is 7.86. The lowest BCUT2D eigenvalue weighted by Gasteiger charge is -2.28. The molecule has 1 N–H and O–H groups in total. The predicted octanol–water partition coefficient (Wildman–Crippen LogP) is 2.34. The number of amides is 1. The van der Waals surface area contributed by atoms with Gasteiger partial charge in [-0.2, -0.15) is 4.98 Å². The number of benzene rings is 1. The summed E-state index contributed by atoms with van der Waals surface area (Å²) in [6.45, 7) is 0. The SMILES string of the molecule is O=CNC(CC1CCC1)C(=O)c1noc(CCc2ccccc2)n1. The number of rotatable bonds is 9. The van der Waals surface area contributed by atoms with E-state index in [2.05, 4.69) is 15.5 Å². The molecule has 1 aromatic carbocycles. The Balaban J connectivity index is 1.60. The fourth-order valence-corrected chi connectivity index (χ4v) is 2.90. The summed E-state index contributed by atoms with van der Waals surface area (Å²) in [4.78, 5) is 27.5. The molecule has 0 saturated heterocycles. The van der Waals surface area contributed by atoms with Crippen LogP contribution in [0.3, 0.4) is 0 Å². The Morgan fingerprint density at radius 3 is 2.75 bits per heavy atom. The highest BCUT2D eigenvalue weighted by molar-refractivity contribution is 5.97. The first-order valence-electron chi connectivity index (χ1n) is 8.36. The Kier molecular flexibility index (Phi) is 5.36. The molecule has 1 aromatic heterocycles. The second-order valence-corrected chi connectivity index (χ2v) is 6.23. The van der Waals surface area contributed by atoms with Gasteiger partial charge in [0, 0.05) is 6.42 Å². The van der Waals surface area contributed by atoms with E-state index in [1.165, 1.54) is 12.0 Å². The van der Waals surface area contributed by atoms with Crippen LogP contribution in [0.2, 0.25) is 0 Å². The zero-order valence-electron chi connectivity index (χ0n) is 13.5. The molecule has 0 spiro atoms. The molecule has 0 aliphatic heterocycles. The topological polar surface area (TPSA) is 85.1 Å². The number of hydrogen-bond donors (Lipinski definition) is 1. The molecule has 1 heterocycles. The minimum Gasteiger partial charge on any atom is -0.348 e. The van der Waals surface area contributed by atoms with Gasteiger partial charge in [-0.05, 0) is 24.3 Å². The molecule has 6 nitrogen and oxygen atoms in total. The van der Waals surface area contributed by atoms with E-state index in [4.69, 9.17) is 4.52 Å². The van der Waals surface area contributed by atoms with Crippen molar-refractivity contribution in [3.63, 3.8) is 0 Å². The Bertz CT molecular complexity index is 680. The molecule has 0 bridgehead atoms. The van der Waals surface area contributed by atoms with Crippen molar-refractivity contribution in [1.82, 2.24) is 15.5 Å². The Morgan fingerprint density at radius 2 is 2.08 bits per heavy atom. The average Bonchev–Trinajstić information content (AvgIpc) is 3.04.